The first-order valence-corrected chi connectivity index (χ1v) is 5.23. The average Bonchev–Trinajstić information content (AvgIpc) is 2.60. The van der Waals surface area contributed by atoms with Gasteiger partial charge in [-0.1, -0.05) is 0 Å². The SMILES string of the molecule is CC(C)(O)CNC(=O)c1cccn1CC(F)F. The van der Waals surface area contributed by atoms with Crippen LogP contribution in [0.3, 0.4) is 0 Å². The molecule has 1 aromatic rings. The van der Waals surface area contributed by atoms with Gasteiger partial charge in [0.2, 0.25) is 0 Å². The highest BCUT2D eigenvalue weighted by Gasteiger charge is 2.17. The molecule has 0 aliphatic rings. The predicted octanol–water partition coefficient (Wildman–Crippen LogP) is 1.25. The number of amides is 1. The number of nitrogens with one attached hydrogen (secondary N) is 1. The fourth-order valence-corrected chi connectivity index (χ4v) is 1.32. The van der Waals surface area contributed by atoms with Crippen molar-refractivity contribution in [2.45, 2.75) is 32.4 Å². The molecule has 0 aliphatic heterocycles. The minimum atomic E-state index is -2.51. The van der Waals surface area contributed by atoms with E-state index in [2.05, 4.69) is 5.32 Å². The van der Waals surface area contributed by atoms with Crippen LogP contribution >= 0.6 is 0 Å². The molecule has 0 unspecified atom stereocenters. The molecule has 0 saturated heterocycles. The first-order valence-electron chi connectivity index (χ1n) is 5.23. The van der Waals surface area contributed by atoms with E-state index in [1.165, 1.54) is 22.9 Å². The minimum absolute atomic E-state index is 0.0612. The third kappa shape index (κ3) is 4.52. The molecule has 2 N–H and O–H groups in total. The molecule has 0 radical (unpaired) electrons. The summed E-state index contributed by atoms with van der Waals surface area (Å²) in [6.45, 7) is 2.64. The molecule has 1 heterocycles. The third-order valence-corrected chi connectivity index (χ3v) is 2.08. The van der Waals surface area contributed by atoms with E-state index in [0.717, 1.165) is 0 Å². The first kappa shape index (κ1) is 13.6. The Kier molecular flexibility index (Phi) is 4.22. The summed E-state index contributed by atoms with van der Waals surface area (Å²) in [5.41, 5.74) is -0.870. The zero-order valence-corrected chi connectivity index (χ0v) is 9.78. The lowest BCUT2D eigenvalue weighted by Crippen LogP contribution is -2.39. The van der Waals surface area contributed by atoms with Crippen LogP contribution < -0.4 is 5.32 Å². The highest BCUT2D eigenvalue weighted by Crippen LogP contribution is 2.07. The summed E-state index contributed by atoms with van der Waals surface area (Å²) in [7, 11) is 0. The average molecular weight is 246 g/mol. The van der Waals surface area contributed by atoms with Crippen LogP contribution in [0, 0.1) is 0 Å². The lowest BCUT2D eigenvalue weighted by atomic mass is 10.1. The minimum Gasteiger partial charge on any atom is -0.389 e. The number of halogens is 2. The van der Waals surface area contributed by atoms with Crippen molar-refractivity contribution < 1.29 is 18.7 Å². The van der Waals surface area contributed by atoms with Crippen LogP contribution in [0.5, 0.6) is 0 Å². The Morgan fingerprint density at radius 2 is 2.24 bits per heavy atom. The molecule has 0 aromatic carbocycles. The van der Waals surface area contributed by atoms with Gasteiger partial charge in [0, 0.05) is 12.7 Å². The van der Waals surface area contributed by atoms with E-state index in [0.29, 0.717) is 0 Å². The van der Waals surface area contributed by atoms with Crippen LogP contribution in [0.15, 0.2) is 18.3 Å². The largest absolute Gasteiger partial charge is 0.389 e. The Bertz CT molecular complexity index is 383. The highest BCUT2D eigenvalue weighted by molar-refractivity contribution is 5.92. The van der Waals surface area contributed by atoms with Crippen molar-refractivity contribution in [2.24, 2.45) is 0 Å². The van der Waals surface area contributed by atoms with Crippen molar-refractivity contribution in [1.82, 2.24) is 9.88 Å². The normalized spacial score (nSPS) is 11.9. The maximum Gasteiger partial charge on any atom is 0.268 e. The second-order valence-corrected chi connectivity index (χ2v) is 4.43. The number of aliphatic hydroxyl groups is 1. The van der Waals surface area contributed by atoms with Crippen molar-refractivity contribution in [3.8, 4) is 0 Å². The van der Waals surface area contributed by atoms with Crippen molar-refractivity contribution in [3.05, 3.63) is 24.0 Å². The van der Waals surface area contributed by atoms with E-state index in [4.69, 9.17) is 0 Å². The summed E-state index contributed by atoms with van der Waals surface area (Å²) in [5, 5.41) is 11.9. The van der Waals surface area contributed by atoms with Gasteiger partial charge in [-0.25, -0.2) is 8.78 Å². The van der Waals surface area contributed by atoms with Gasteiger partial charge in [0.25, 0.3) is 12.3 Å². The second-order valence-electron chi connectivity index (χ2n) is 4.43. The van der Waals surface area contributed by atoms with Gasteiger partial charge < -0.3 is 15.0 Å². The number of hydrogen-bond donors (Lipinski definition) is 2. The van der Waals surface area contributed by atoms with Gasteiger partial charge in [0.1, 0.15) is 5.69 Å². The van der Waals surface area contributed by atoms with E-state index >= 15 is 0 Å². The molecule has 1 aromatic heterocycles. The monoisotopic (exact) mass is 246 g/mol. The van der Waals surface area contributed by atoms with Gasteiger partial charge in [-0.2, -0.15) is 0 Å². The molecule has 0 saturated carbocycles. The number of hydrogen-bond acceptors (Lipinski definition) is 2. The summed E-state index contributed by atoms with van der Waals surface area (Å²) >= 11 is 0. The standard InChI is InChI=1S/C11H16F2N2O2/c1-11(2,17)7-14-10(16)8-4-3-5-15(8)6-9(12)13/h3-5,9,17H,6-7H2,1-2H3,(H,14,16). The Labute approximate surface area is 98.2 Å². The molecule has 0 aliphatic carbocycles. The van der Waals surface area contributed by atoms with Crippen LogP contribution in [-0.4, -0.2) is 34.2 Å². The van der Waals surface area contributed by atoms with Crippen LogP contribution in [0.2, 0.25) is 0 Å². The van der Waals surface area contributed by atoms with Gasteiger partial charge in [0.05, 0.1) is 12.1 Å². The number of rotatable bonds is 5. The number of aromatic nitrogens is 1. The molecule has 0 atom stereocenters. The van der Waals surface area contributed by atoms with Crippen molar-refractivity contribution in [3.63, 3.8) is 0 Å². The summed E-state index contributed by atoms with van der Waals surface area (Å²) < 4.78 is 25.6. The van der Waals surface area contributed by atoms with E-state index in [-0.39, 0.29) is 12.2 Å². The Hall–Kier alpha value is -1.43. The summed E-state index contributed by atoms with van der Waals surface area (Å²) in [4.78, 5) is 11.7. The number of carbonyl (C=O) groups is 1. The van der Waals surface area contributed by atoms with Crippen LogP contribution in [0.1, 0.15) is 24.3 Å². The van der Waals surface area contributed by atoms with Crippen molar-refractivity contribution in [1.29, 1.82) is 0 Å². The molecule has 17 heavy (non-hydrogen) atoms. The second kappa shape index (κ2) is 5.27. The quantitative estimate of drug-likeness (QED) is 0.821. The molecule has 0 fully saturated rings. The summed E-state index contributed by atoms with van der Waals surface area (Å²) in [6.07, 6.45) is -1.09. The topological polar surface area (TPSA) is 54.3 Å². The molecule has 1 amide bonds. The molecule has 4 nitrogen and oxygen atoms in total. The van der Waals surface area contributed by atoms with E-state index < -0.39 is 24.5 Å². The summed E-state index contributed by atoms with van der Waals surface area (Å²) in [5.74, 6) is -0.474. The maximum absolute atomic E-state index is 12.2. The van der Waals surface area contributed by atoms with Gasteiger partial charge in [-0.3, -0.25) is 4.79 Å². The fourth-order valence-electron chi connectivity index (χ4n) is 1.32. The van der Waals surface area contributed by atoms with E-state index in [1.807, 2.05) is 0 Å². The Morgan fingerprint density at radius 3 is 2.76 bits per heavy atom. The summed E-state index contributed by atoms with van der Waals surface area (Å²) in [6, 6.07) is 2.99. The van der Waals surface area contributed by atoms with Gasteiger partial charge >= 0.3 is 0 Å². The Balaban J connectivity index is 2.66. The van der Waals surface area contributed by atoms with Crippen LogP contribution in [0.4, 0.5) is 8.78 Å². The third-order valence-electron chi connectivity index (χ3n) is 2.08. The number of nitrogens with zero attached hydrogens (tertiary/aromatic N) is 1. The molecule has 1 rings (SSSR count). The van der Waals surface area contributed by atoms with Crippen molar-refractivity contribution >= 4 is 5.91 Å². The molecule has 0 spiro atoms. The first-order chi connectivity index (χ1) is 7.79. The van der Waals surface area contributed by atoms with Crippen LogP contribution in [0.25, 0.3) is 0 Å². The molecular formula is C11H16F2N2O2. The lowest BCUT2D eigenvalue weighted by Gasteiger charge is -2.18. The predicted molar refractivity (Wildman–Crippen MR) is 59.1 cm³/mol. The van der Waals surface area contributed by atoms with Gasteiger partial charge in [0.15, 0.2) is 0 Å². The molecular weight excluding hydrogens is 230 g/mol. The number of alkyl halides is 2. The lowest BCUT2D eigenvalue weighted by molar-refractivity contribution is 0.0685. The van der Waals surface area contributed by atoms with Crippen LogP contribution in [-0.2, 0) is 6.54 Å². The van der Waals surface area contributed by atoms with Gasteiger partial charge in [-0.05, 0) is 26.0 Å². The highest BCUT2D eigenvalue weighted by atomic mass is 19.3. The zero-order valence-electron chi connectivity index (χ0n) is 9.78. The maximum atomic E-state index is 12.2. The van der Waals surface area contributed by atoms with Gasteiger partial charge in [-0.15, -0.1) is 0 Å². The fraction of sp³-hybridized carbons (Fsp3) is 0.545. The molecule has 96 valence electrons. The smallest absolute Gasteiger partial charge is 0.268 e. The van der Waals surface area contributed by atoms with E-state index in [1.54, 1.807) is 13.8 Å². The number of carbonyl (C=O) groups excluding carboxylic acids is 1. The molecule has 0 bridgehead atoms. The van der Waals surface area contributed by atoms with E-state index in [9.17, 15) is 18.7 Å². The molecule has 6 heteroatoms. The Morgan fingerprint density at radius 1 is 1.59 bits per heavy atom. The zero-order chi connectivity index (χ0) is 13.1. The van der Waals surface area contributed by atoms with Crippen molar-refractivity contribution in [2.75, 3.05) is 6.54 Å².